The highest BCUT2D eigenvalue weighted by atomic mass is 16.5. The maximum absolute atomic E-state index is 12.9. The number of carbonyl (C=O) groups excluding carboxylic acids is 2. The number of aryl methyl sites for hydroxylation is 1. The van der Waals surface area contributed by atoms with Gasteiger partial charge in [-0.2, -0.15) is 0 Å². The highest BCUT2D eigenvalue weighted by Crippen LogP contribution is 2.13. The lowest BCUT2D eigenvalue weighted by molar-refractivity contribution is -0.142. The fourth-order valence-electron chi connectivity index (χ4n) is 3.05. The van der Waals surface area contributed by atoms with Crippen LogP contribution in [0.2, 0.25) is 0 Å². The van der Waals surface area contributed by atoms with E-state index in [0.29, 0.717) is 31.7 Å². The van der Waals surface area contributed by atoms with Crippen molar-refractivity contribution < 1.29 is 14.3 Å². The van der Waals surface area contributed by atoms with Gasteiger partial charge in [0.25, 0.3) is 5.91 Å². The number of carbonyl (C=O) groups is 2. The molecule has 0 saturated heterocycles. The molecule has 0 bridgehead atoms. The van der Waals surface area contributed by atoms with Crippen molar-refractivity contribution >= 4 is 11.8 Å². The molecule has 2 rings (SSSR count). The lowest BCUT2D eigenvalue weighted by Crippen LogP contribution is -2.51. The molecule has 0 heterocycles. The maximum atomic E-state index is 12.9. The first-order valence-corrected chi connectivity index (χ1v) is 9.85. The number of nitrogens with zero attached hydrogens (tertiary/aromatic N) is 1. The molecule has 150 valence electrons. The van der Waals surface area contributed by atoms with Crippen LogP contribution in [0.3, 0.4) is 0 Å². The lowest BCUT2D eigenvalue weighted by Gasteiger charge is -2.30. The summed E-state index contributed by atoms with van der Waals surface area (Å²) >= 11 is 0. The summed E-state index contributed by atoms with van der Waals surface area (Å²) in [5.74, 6) is 0.337. The third kappa shape index (κ3) is 6.41. The van der Waals surface area contributed by atoms with E-state index < -0.39 is 6.04 Å². The van der Waals surface area contributed by atoms with Crippen LogP contribution >= 0.6 is 0 Å². The van der Waals surface area contributed by atoms with Crippen LogP contribution in [0.4, 0.5) is 0 Å². The second-order valence-corrected chi connectivity index (χ2v) is 6.74. The normalized spacial score (nSPS) is 11.5. The molecule has 1 atom stereocenters. The number of hydrogen-bond donors (Lipinski definition) is 1. The first-order valence-electron chi connectivity index (χ1n) is 9.85. The van der Waals surface area contributed by atoms with Gasteiger partial charge in [-0.25, -0.2) is 0 Å². The number of likely N-dealkylation sites (N-methyl/N-ethyl adjacent to an activating group) is 1. The Bertz CT molecular complexity index is 744. The molecule has 1 N–H and O–H groups in total. The van der Waals surface area contributed by atoms with Crippen molar-refractivity contribution in [1.29, 1.82) is 0 Å². The molecular formula is C23H30N2O3. The maximum Gasteiger partial charge on any atom is 0.261 e. The van der Waals surface area contributed by atoms with Crippen molar-refractivity contribution in [1.82, 2.24) is 10.2 Å². The van der Waals surface area contributed by atoms with Gasteiger partial charge in [-0.3, -0.25) is 9.59 Å². The fraction of sp³-hybridized carbons (Fsp3) is 0.391. The molecule has 0 saturated carbocycles. The van der Waals surface area contributed by atoms with Gasteiger partial charge in [-0.15, -0.1) is 0 Å². The predicted molar refractivity (Wildman–Crippen MR) is 111 cm³/mol. The number of nitrogens with one attached hydrogen (secondary N) is 1. The summed E-state index contributed by atoms with van der Waals surface area (Å²) in [5.41, 5.74) is 2.26. The van der Waals surface area contributed by atoms with Crippen molar-refractivity contribution in [3.05, 3.63) is 65.7 Å². The molecule has 2 amide bonds. The van der Waals surface area contributed by atoms with Crippen LogP contribution in [0, 0.1) is 6.92 Å². The molecular weight excluding hydrogens is 352 g/mol. The zero-order valence-electron chi connectivity index (χ0n) is 17.0. The molecule has 0 fully saturated rings. The van der Waals surface area contributed by atoms with Crippen molar-refractivity contribution in [3.8, 4) is 5.75 Å². The van der Waals surface area contributed by atoms with Gasteiger partial charge in [0.1, 0.15) is 11.8 Å². The second kappa shape index (κ2) is 11.1. The van der Waals surface area contributed by atoms with Gasteiger partial charge in [0.15, 0.2) is 6.61 Å². The monoisotopic (exact) mass is 382 g/mol. The van der Waals surface area contributed by atoms with E-state index in [2.05, 4.69) is 5.32 Å². The first kappa shape index (κ1) is 21.5. The Morgan fingerprint density at radius 2 is 1.71 bits per heavy atom. The smallest absolute Gasteiger partial charge is 0.261 e. The quantitative estimate of drug-likeness (QED) is 0.685. The van der Waals surface area contributed by atoms with E-state index in [9.17, 15) is 9.59 Å². The topological polar surface area (TPSA) is 58.6 Å². The lowest BCUT2D eigenvalue weighted by atomic mass is 10.1. The Balaban J connectivity index is 2.09. The first-order chi connectivity index (χ1) is 13.5. The Morgan fingerprint density at radius 3 is 2.32 bits per heavy atom. The highest BCUT2D eigenvalue weighted by Gasteiger charge is 2.28. The zero-order valence-corrected chi connectivity index (χ0v) is 17.0. The summed E-state index contributed by atoms with van der Waals surface area (Å²) < 4.78 is 5.67. The summed E-state index contributed by atoms with van der Waals surface area (Å²) in [4.78, 5) is 27.1. The molecule has 28 heavy (non-hydrogen) atoms. The average Bonchev–Trinajstić information content (AvgIpc) is 2.71. The minimum absolute atomic E-state index is 0.0895. The van der Waals surface area contributed by atoms with Crippen molar-refractivity contribution in [2.75, 3.05) is 19.7 Å². The van der Waals surface area contributed by atoms with Crippen LogP contribution < -0.4 is 10.1 Å². The van der Waals surface area contributed by atoms with E-state index in [1.807, 2.05) is 75.4 Å². The van der Waals surface area contributed by atoms with Crippen LogP contribution in [-0.2, 0) is 16.0 Å². The molecule has 0 aliphatic rings. The molecule has 2 aromatic rings. The van der Waals surface area contributed by atoms with E-state index >= 15 is 0 Å². The molecule has 0 aliphatic heterocycles. The standard InChI is InChI=1S/C23H30N2O3/c1-4-21(23(27)24-5-2)25(16-15-19-9-7-6-8-10-19)22(26)17-28-20-13-11-18(3)12-14-20/h6-14,21H,4-5,15-17H2,1-3H3,(H,24,27)/t21-/m0/s1. The number of rotatable bonds is 10. The minimum atomic E-state index is -0.502. The Morgan fingerprint density at radius 1 is 1.04 bits per heavy atom. The zero-order chi connectivity index (χ0) is 20.4. The van der Waals surface area contributed by atoms with Crippen LogP contribution in [0.15, 0.2) is 54.6 Å². The SMILES string of the molecule is CCNC(=O)[C@H](CC)N(CCc1ccccc1)C(=O)COc1ccc(C)cc1. The third-order valence-corrected chi connectivity index (χ3v) is 4.60. The molecule has 0 unspecified atom stereocenters. The third-order valence-electron chi connectivity index (χ3n) is 4.60. The van der Waals surface area contributed by atoms with Crippen molar-refractivity contribution in [2.45, 2.75) is 39.7 Å². The van der Waals surface area contributed by atoms with E-state index in [4.69, 9.17) is 4.74 Å². The average molecular weight is 383 g/mol. The van der Waals surface area contributed by atoms with Crippen molar-refractivity contribution in [3.63, 3.8) is 0 Å². The predicted octanol–water partition coefficient (Wildman–Crippen LogP) is 3.36. The van der Waals surface area contributed by atoms with Crippen LogP contribution in [0.25, 0.3) is 0 Å². The second-order valence-electron chi connectivity index (χ2n) is 6.74. The van der Waals surface area contributed by atoms with Gasteiger partial charge in [0, 0.05) is 13.1 Å². The number of hydrogen-bond acceptors (Lipinski definition) is 3. The summed E-state index contributed by atoms with van der Waals surface area (Å²) in [5, 5.41) is 2.84. The molecule has 0 aliphatic carbocycles. The Hall–Kier alpha value is -2.82. The van der Waals surface area contributed by atoms with Crippen LogP contribution in [0.1, 0.15) is 31.4 Å². The van der Waals surface area contributed by atoms with E-state index in [1.165, 1.54) is 0 Å². The molecule has 5 nitrogen and oxygen atoms in total. The highest BCUT2D eigenvalue weighted by molar-refractivity contribution is 5.88. The molecule has 2 aromatic carbocycles. The van der Waals surface area contributed by atoms with E-state index in [-0.39, 0.29) is 18.4 Å². The van der Waals surface area contributed by atoms with Crippen molar-refractivity contribution in [2.24, 2.45) is 0 Å². The largest absolute Gasteiger partial charge is 0.484 e. The Kier molecular flexibility index (Phi) is 8.53. The van der Waals surface area contributed by atoms with E-state index in [0.717, 1.165) is 11.1 Å². The number of amides is 2. The Labute approximate surface area is 167 Å². The van der Waals surface area contributed by atoms with Gasteiger partial charge in [-0.1, -0.05) is 55.0 Å². The summed E-state index contributed by atoms with van der Waals surface area (Å²) in [6, 6.07) is 17.0. The van der Waals surface area contributed by atoms with Gasteiger partial charge in [0.2, 0.25) is 5.91 Å². The molecule has 5 heteroatoms. The molecule has 0 radical (unpaired) electrons. The minimum Gasteiger partial charge on any atom is -0.484 e. The van der Waals surface area contributed by atoms with Gasteiger partial charge in [0.05, 0.1) is 0 Å². The van der Waals surface area contributed by atoms with Gasteiger partial charge in [-0.05, 0) is 44.4 Å². The number of benzene rings is 2. The van der Waals surface area contributed by atoms with E-state index in [1.54, 1.807) is 4.90 Å². The van der Waals surface area contributed by atoms with Gasteiger partial charge < -0.3 is 15.0 Å². The fourth-order valence-corrected chi connectivity index (χ4v) is 3.05. The van der Waals surface area contributed by atoms with Gasteiger partial charge >= 0.3 is 0 Å². The molecule has 0 aromatic heterocycles. The van der Waals surface area contributed by atoms with Crippen LogP contribution in [-0.4, -0.2) is 42.5 Å². The summed E-state index contributed by atoms with van der Waals surface area (Å²) in [7, 11) is 0. The molecule has 0 spiro atoms. The summed E-state index contributed by atoms with van der Waals surface area (Å²) in [6.45, 7) is 6.71. The number of ether oxygens (including phenoxy) is 1. The summed E-state index contributed by atoms with van der Waals surface area (Å²) in [6.07, 6.45) is 1.24. The van der Waals surface area contributed by atoms with Crippen LogP contribution in [0.5, 0.6) is 5.75 Å².